The molecule has 0 bridgehead atoms. The fourth-order valence-corrected chi connectivity index (χ4v) is 1.41. The van der Waals surface area contributed by atoms with E-state index in [1.165, 1.54) is 4.90 Å². The molecule has 0 aliphatic carbocycles. The van der Waals surface area contributed by atoms with Gasteiger partial charge >= 0.3 is 5.97 Å². The van der Waals surface area contributed by atoms with Crippen LogP contribution in [0.1, 0.15) is 13.3 Å². The van der Waals surface area contributed by atoms with Crippen LogP contribution in [0.5, 0.6) is 0 Å². The van der Waals surface area contributed by atoms with Crippen LogP contribution in [0.4, 0.5) is 0 Å². The number of likely N-dealkylation sites (tertiary alicyclic amines) is 1. The van der Waals surface area contributed by atoms with Crippen molar-refractivity contribution in [3.63, 3.8) is 0 Å². The molecule has 0 spiro atoms. The van der Waals surface area contributed by atoms with Crippen molar-refractivity contribution in [1.29, 1.82) is 5.26 Å². The van der Waals surface area contributed by atoms with Gasteiger partial charge in [-0.05, 0) is 13.3 Å². The second-order valence-electron chi connectivity index (χ2n) is 2.77. The van der Waals surface area contributed by atoms with Crippen LogP contribution < -0.4 is 0 Å². The van der Waals surface area contributed by atoms with E-state index in [-0.39, 0.29) is 12.0 Å². The predicted octanol–water partition coefficient (Wildman–Crippen LogP) is 0.262. The van der Waals surface area contributed by atoms with Gasteiger partial charge in [-0.2, -0.15) is 5.26 Å². The van der Waals surface area contributed by atoms with E-state index in [9.17, 15) is 4.79 Å². The summed E-state index contributed by atoms with van der Waals surface area (Å²) in [7, 11) is 0. The molecular weight excluding hydrogens is 144 g/mol. The van der Waals surface area contributed by atoms with Crippen molar-refractivity contribution < 1.29 is 9.90 Å². The van der Waals surface area contributed by atoms with E-state index in [4.69, 9.17) is 10.4 Å². The number of rotatable bonds is 1. The molecule has 1 aliphatic rings. The first-order valence-electron chi connectivity index (χ1n) is 3.56. The zero-order chi connectivity index (χ0) is 8.43. The number of hydrogen-bond acceptors (Lipinski definition) is 3. The molecule has 0 amide bonds. The van der Waals surface area contributed by atoms with Crippen molar-refractivity contribution in [1.82, 2.24) is 4.90 Å². The van der Waals surface area contributed by atoms with E-state index in [2.05, 4.69) is 0 Å². The number of aliphatic carboxylic acids is 1. The fraction of sp³-hybridized carbons (Fsp3) is 0.714. The smallest absolute Gasteiger partial charge is 0.308 e. The van der Waals surface area contributed by atoms with Gasteiger partial charge in [0, 0.05) is 12.6 Å². The Morgan fingerprint density at radius 1 is 1.82 bits per heavy atom. The summed E-state index contributed by atoms with van der Waals surface area (Å²) in [5.41, 5.74) is 0. The average Bonchev–Trinajstić information content (AvgIpc) is 2.30. The molecule has 1 heterocycles. The lowest BCUT2D eigenvalue weighted by molar-refractivity contribution is -0.142. The van der Waals surface area contributed by atoms with Crippen LogP contribution in [-0.4, -0.2) is 28.6 Å². The molecule has 4 heteroatoms. The first kappa shape index (κ1) is 7.86. The van der Waals surface area contributed by atoms with Crippen LogP contribution in [0, 0.1) is 17.4 Å². The molecule has 0 saturated carbocycles. The highest BCUT2D eigenvalue weighted by atomic mass is 16.4. The maximum absolute atomic E-state index is 10.5. The van der Waals surface area contributed by atoms with Crippen molar-refractivity contribution in [2.24, 2.45) is 5.92 Å². The SMILES string of the molecule is CC1C(C(=O)O)CCN1C#N. The standard InChI is InChI=1S/C7H10N2O2/c1-5-6(7(10)11)2-3-9(5)4-8/h5-6H,2-3H2,1H3,(H,10,11). The molecular formula is C7H10N2O2. The minimum absolute atomic E-state index is 0.141. The molecule has 60 valence electrons. The topological polar surface area (TPSA) is 64.3 Å². The Bertz CT molecular complexity index is 209. The Kier molecular flexibility index (Phi) is 1.99. The van der Waals surface area contributed by atoms with Crippen LogP contribution >= 0.6 is 0 Å². The van der Waals surface area contributed by atoms with Gasteiger partial charge in [0.15, 0.2) is 6.19 Å². The van der Waals surface area contributed by atoms with Gasteiger partial charge in [-0.25, -0.2) is 0 Å². The molecule has 0 aromatic carbocycles. The van der Waals surface area contributed by atoms with Crippen LogP contribution in [-0.2, 0) is 4.79 Å². The van der Waals surface area contributed by atoms with Crippen LogP contribution in [0.2, 0.25) is 0 Å². The van der Waals surface area contributed by atoms with E-state index >= 15 is 0 Å². The maximum Gasteiger partial charge on any atom is 0.308 e. The Morgan fingerprint density at radius 3 is 2.73 bits per heavy atom. The van der Waals surface area contributed by atoms with Crippen molar-refractivity contribution in [3.05, 3.63) is 0 Å². The van der Waals surface area contributed by atoms with Gasteiger partial charge in [0.1, 0.15) is 0 Å². The highest BCUT2D eigenvalue weighted by Gasteiger charge is 2.34. The first-order chi connectivity index (χ1) is 5.16. The lowest BCUT2D eigenvalue weighted by Gasteiger charge is -2.15. The lowest BCUT2D eigenvalue weighted by Crippen LogP contribution is -2.29. The zero-order valence-corrected chi connectivity index (χ0v) is 6.32. The number of nitrogens with zero attached hydrogens (tertiary/aromatic N) is 2. The third kappa shape index (κ3) is 1.27. The quantitative estimate of drug-likeness (QED) is 0.550. The lowest BCUT2D eigenvalue weighted by atomic mass is 10.0. The number of carboxylic acid groups (broad SMARTS) is 1. The van der Waals surface area contributed by atoms with Crippen molar-refractivity contribution in [2.75, 3.05) is 6.54 Å². The monoisotopic (exact) mass is 154 g/mol. The van der Waals surface area contributed by atoms with Crippen molar-refractivity contribution >= 4 is 5.97 Å². The van der Waals surface area contributed by atoms with Gasteiger partial charge in [0.05, 0.1) is 5.92 Å². The van der Waals surface area contributed by atoms with Crippen molar-refractivity contribution in [2.45, 2.75) is 19.4 Å². The van der Waals surface area contributed by atoms with E-state index in [0.717, 1.165) is 0 Å². The van der Waals surface area contributed by atoms with E-state index < -0.39 is 5.97 Å². The summed E-state index contributed by atoms with van der Waals surface area (Å²) in [5, 5.41) is 17.2. The summed E-state index contributed by atoms with van der Waals surface area (Å²) >= 11 is 0. The highest BCUT2D eigenvalue weighted by molar-refractivity contribution is 5.71. The molecule has 1 saturated heterocycles. The summed E-state index contributed by atoms with van der Waals surface area (Å²) in [6, 6.07) is -0.141. The van der Waals surface area contributed by atoms with Gasteiger partial charge in [-0.15, -0.1) is 0 Å². The van der Waals surface area contributed by atoms with Crippen LogP contribution in [0.3, 0.4) is 0 Å². The summed E-state index contributed by atoms with van der Waals surface area (Å²) in [4.78, 5) is 12.1. The highest BCUT2D eigenvalue weighted by Crippen LogP contribution is 2.22. The Balaban J connectivity index is 2.64. The Morgan fingerprint density at radius 2 is 2.45 bits per heavy atom. The van der Waals surface area contributed by atoms with Gasteiger partial charge in [-0.1, -0.05) is 0 Å². The minimum atomic E-state index is -0.796. The molecule has 0 aromatic rings. The van der Waals surface area contributed by atoms with Crippen molar-refractivity contribution in [3.8, 4) is 6.19 Å². The van der Waals surface area contributed by atoms with Gasteiger partial charge in [-0.3, -0.25) is 4.79 Å². The molecule has 2 unspecified atom stereocenters. The molecule has 0 aromatic heterocycles. The number of carbonyl (C=O) groups is 1. The molecule has 2 atom stereocenters. The predicted molar refractivity (Wildman–Crippen MR) is 37.5 cm³/mol. The third-order valence-electron chi connectivity index (χ3n) is 2.20. The van der Waals surface area contributed by atoms with Crippen LogP contribution in [0.25, 0.3) is 0 Å². The van der Waals surface area contributed by atoms with E-state index in [1.54, 1.807) is 6.92 Å². The molecule has 1 fully saturated rings. The van der Waals surface area contributed by atoms with Gasteiger partial charge in [0.25, 0.3) is 0 Å². The number of hydrogen-bond donors (Lipinski definition) is 1. The maximum atomic E-state index is 10.5. The number of nitriles is 1. The summed E-state index contributed by atoms with van der Waals surface area (Å²) in [6.07, 6.45) is 2.56. The van der Waals surface area contributed by atoms with Gasteiger partial charge in [0.2, 0.25) is 0 Å². The average molecular weight is 154 g/mol. The fourth-order valence-electron chi connectivity index (χ4n) is 1.41. The molecule has 1 N–H and O–H groups in total. The van der Waals surface area contributed by atoms with E-state index in [0.29, 0.717) is 13.0 Å². The number of carboxylic acids is 1. The summed E-state index contributed by atoms with van der Waals surface area (Å²) < 4.78 is 0. The molecule has 4 nitrogen and oxygen atoms in total. The zero-order valence-electron chi connectivity index (χ0n) is 6.32. The Labute approximate surface area is 65.0 Å². The summed E-state index contributed by atoms with van der Waals surface area (Å²) in [6.45, 7) is 2.35. The molecule has 1 aliphatic heterocycles. The second kappa shape index (κ2) is 2.79. The summed E-state index contributed by atoms with van der Waals surface area (Å²) in [5.74, 6) is -1.16. The van der Waals surface area contributed by atoms with E-state index in [1.807, 2.05) is 6.19 Å². The first-order valence-corrected chi connectivity index (χ1v) is 3.56. The third-order valence-corrected chi connectivity index (χ3v) is 2.20. The van der Waals surface area contributed by atoms with Gasteiger partial charge < -0.3 is 10.0 Å². The van der Waals surface area contributed by atoms with Crippen LogP contribution in [0.15, 0.2) is 0 Å². The largest absolute Gasteiger partial charge is 0.481 e. The minimum Gasteiger partial charge on any atom is -0.481 e. The normalized spacial score (nSPS) is 30.0. The molecule has 11 heavy (non-hydrogen) atoms. The Hall–Kier alpha value is -1.24. The second-order valence-corrected chi connectivity index (χ2v) is 2.77. The molecule has 0 radical (unpaired) electrons. The molecule has 1 rings (SSSR count).